The minimum absolute atomic E-state index is 0.165. The standard InChI is InChI=1S/C21H32O3/c1-13(23)18-5-6-19-17-4-3-14-11-21(24,12-22)10-8-15(14)16(17)7-9-20(18,19)2/h8,10,14-19,22,24H,3-7,9,11-12H2,1-2H3/t14-,15+,16-,17?,18-,19+,20-,21-/m1/s1. The predicted molar refractivity (Wildman–Crippen MR) is 93.2 cm³/mol. The Hall–Kier alpha value is -0.670. The lowest BCUT2D eigenvalue weighted by Crippen LogP contribution is -2.50. The van der Waals surface area contributed by atoms with Gasteiger partial charge < -0.3 is 10.2 Å². The Morgan fingerprint density at radius 3 is 2.67 bits per heavy atom. The van der Waals surface area contributed by atoms with E-state index in [0.717, 1.165) is 18.8 Å². The number of carbonyl (C=O) groups excluding carboxylic acids is 1. The van der Waals surface area contributed by atoms with Gasteiger partial charge in [0.1, 0.15) is 11.4 Å². The van der Waals surface area contributed by atoms with E-state index in [2.05, 4.69) is 13.0 Å². The molecule has 0 aromatic heterocycles. The molecule has 0 heterocycles. The molecule has 24 heavy (non-hydrogen) atoms. The molecule has 1 unspecified atom stereocenters. The maximum Gasteiger partial charge on any atom is 0.133 e. The average molecular weight is 332 g/mol. The van der Waals surface area contributed by atoms with Crippen molar-refractivity contribution in [2.75, 3.05) is 6.61 Å². The molecule has 3 heteroatoms. The number of hydrogen-bond acceptors (Lipinski definition) is 3. The SMILES string of the molecule is CC(=O)[C@H]1CC[C@H]2C3CC[C@@H]4C[C@@](O)(CO)C=C[C@@H]4[C@H]3CC[C@]12C. The van der Waals surface area contributed by atoms with Crippen molar-refractivity contribution in [2.45, 2.75) is 64.4 Å². The Morgan fingerprint density at radius 2 is 1.96 bits per heavy atom. The van der Waals surface area contributed by atoms with Crippen molar-refractivity contribution in [3.63, 3.8) is 0 Å². The molecule has 3 saturated carbocycles. The molecule has 0 aromatic rings. The maximum absolute atomic E-state index is 12.1. The molecule has 134 valence electrons. The first kappa shape index (κ1) is 16.8. The quantitative estimate of drug-likeness (QED) is 0.763. The van der Waals surface area contributed by atoms with Gasteiger partial charge >= 0.3 is 0 Å². The Bertz CT molecular complexity index is 555. The van der Waals surface area contributed by atoms with Crippen LogP contribution in [0.3, 0.4) is 0 Å². The topological polar surface area (TPSA) is 57.5 Å². The van der Waals surface area contributed by atoms with E-state index in [4.69, 9.17) is 0 Å². The lowest BCUT2D eigenvalue weighted by Gasteiger charge is -2.55. The molecule has 0 amide bonds. The first-order valence-corrected chi connectivity index (χ1v) is 9.91. The van der Waals surface area contributed by atoms with E-state index in [1.807, 2.05) is 6.08 Å². The first-order valence-electron chi connectivity index (χ1n) is 9.91. The van der Waals surface area contributed by atoms with Crippen molar-refractivity contribution in [2.24, 2.45) is 40.9 Å². The predicted octanol–water partition coefficient (Wildman–Crippen LogP) is 3.34. The van der Waals surface area contributed by atoms with Gasteiger partial charge in [-0.2, -0.15) is 0 Å². The molecule has 0 saturated heterocycles. The summed E-state index contributed by atoms with van der Waals surface area (Å²) in [4.78, 5) is 12.1. The molecule has 4 aliphatic carbocycles. The van der Waals surface area contributed by atoms with E-state index >= 15 is 0 Å². The third-order valence-electron chi connectivity index (χ3n) is 8.41. The highest BCUT2D eigenvalue weighted by Gasteiger charge is 2.57. The highest BCUT2D eigenvalue weighted by atomic mass is 16.3. The van der Waals surface area contributed by atoms with Crippen LogP contribution in [0.25, 0.3) is 0 Å². The van der Waals surface area contributed by atoms with E-state index < -0.39 is 5.60 Å². The van der Waals surface area contributed by atoms with E-state index in [0.29, 0.717) is 35.9 Å². The number of rotatable bonds is 2. The van der Waals surface area contributed by atoms with Gasteiger partial charge in [0.2, 0.25) is 0 Å². The fourth-order valence-corrected chi connectivity index (χ4v) is 7.29. The average Bonchev–Trinajstić information content (AvgIpc) is 2.91. The van der Waals surface area contributed by atoms with Crippen LogP contribution in [0.5, 0.6) is 0 Å². The molecule has 4 aliphatic rings. The molecular formula is C21H32O3. The smallest absolute Gasteiger partial charge is 0.133 e. The van der Waals surface area contributed by atoms with Crippen LogP contribution in [0, 0.1) is 40.9 Å². The largest absolute Gasteiger partial charge is 0.393 e. The van der Waals surface area contributed by atoms with Crippen LogP contribution < -0.4 is 0 Å². The number of fused-ring (bicyclic) bond motifs is 5. The van der Waals surface area contributed by atoms with E-state index in [1.165, 1.54) is 25.7 Å². The van der Waals surface area contributed by atoms with Crippen LogP contribution in [0.2, 0.25) is 0 Å². The van der Waals surface area contributed by atoms with Crippen LogP contribution in [0.4, 0.5) is 0 Å². The van der Waals surface area contributed by atoms with Crippen LogP contribution >= 0.6 is 0 Å². The van der Waals surface area contributed by atoms with Gasteiger partial charge in [0.05, 0.1) is 6.61 Å². The Labute approximate surface area is 145 Å². The van der Waals surface area contributed by atoms with Crippen molar-refractivity contribution >= 4 is 5.78 Å². The van der Waals surface area contributed by atoms with Gasteiger partial charge in [0.15, 0.2) is 0 Å². The Kier molecular flexibility index (Phi) is 3.96. The summed E-state index contributed by atoms with van der Waals surface area (Å²) in [7, 11) is 0. The second-order valence-corrected chi connectivity index (χ2v) is 9.46. The van der Waals surface area contributed by atoms with Gasteiger partial charge in [-0.1, -0.05) is 19.1 Å². The molecule has 0 aromatic carbocycles. The number of Topliss-reactive ketones (excluding diaryl/α,β-unsaturated/α-hetero) is 1. The fourth-order valence-electron chi connectivity index (χ4n) is 7.29. The number of hydrogen-bond donors (Lipinski definition) is 2. The van der Waals surface area contributed by atoms with Gasteiger partial charge in [0, 0.05) is 5.92 Å². The van der Waals surface area contributed by atoms with Gasteiger partial charge in [-0.3, -0.25) is 4.79 Å². The third kappa shape index (κ3) is 2.34. The molecule has 4 rings (SSSR count). The van der Waals surface area contributed by atoms with Gasteiger partial charge in [0.25, 0.3) is 0 Å². The minimum atomic E-state index is -0.996. The van der Waals surface area contributed by atoms with E-state index in [-0.39, 0.29) is 17.9 Å². The van der Waals surface area contributed by atoms with Crippen molar-refractivity contribution in [1.29, 1.82) is 0 Å². The van der Waals surface area contributed by atoms with Gasteiger partial charge in [-0.15, -0.1) is 0 Å². The van der Waals surface area contributed by atoms with Crippen LogP contribution in [0.15, 0.2) is 12.2 Å². The van der Waals surface area contributed by atoms with Crippen molar-refractivity contribution in [3.8, 4) is 0 Å². The minimum Gasteiger partial charge on any atom is -0.393 e. The maximum atomic E-state index is 12.1. The first-order chi connectivity index (χ1) is 11.4. The van der Waals surface area contributed by atoms with E-state index in [9.17, 15) is 15.0 Å². The molecule has 0 spiro atoms. The zero-order valence-corrected chi connectivity index (χ0v) is 15.1. The molecule has 0 aliphatic heterocycles. The van der Waals surface area contributed by atoms with Gasteiger partial charge in [-0.25, -0.2) is 0 Å². The van der Waals surface area contributed by atoms with Crippen molar-refractivity contribution in [1.82, 2.24) is 0 Å². The van der Waals surface area contributed by atoms with Crippen LogP contribution in [0.1, 0.15) is 58.8 Å². The Balaban J connectivity index is 1.58. The molecule has 0 bridgehead atoms. The fraction of sp³-hybridized carbons (Fsp3) is 0.857. The number of allylic oxidation sites excluding steroid dienone is 1. The number of aliphatic hydroxyl groups excluding tert-OH is 1. The monoisotopic (exact) mass is 332 g/mol. The number of ketones is 1. The molecule has 8 atom stereocenters. The highest BCUT2D eigenvalue weighted by molar-refractivity contribution is 5.79. The normalized spacial score (nSPS) is 53.2. The van der Waals surface area contributed by atoms with Crippen molar-refractivity contribution in [3.05, 3.63) is 12.2 Å². The van der Waals surface area contributed by atoms with Crippen LogP contribution in [-0.2, 0) is 4.79 Å². The summed E-state index contributed by atoms with van der Waals surface area (Å²) < 4.78 is 0. The zero-order valence-electron chi connectivity index (χ0n) is 15.1. The summed E-state index contributed by atoms with van der Waals surface area (Å²) in [6.45, 7) is 4.02. The zero-order chi connectivity index (χ0) is 17.1. The third-order valence-corrected chi connectivity index (χ3v) is 8.41. The van der Waals surface area contributed by atoms with E-state index in [1.54, 1.807) is 6.92 Å². The number of aliphatic hydroxyl groups is 2. The molecule has 3 fully saturated rings. The summed E-state index contributed by atoms with van der Waals surface area (Å²) in [6, 6.07) is 0. The molecule has 2 N–H and O–H groups in total. The molecule has 3 nitrogen and oxygen atoms in total. The summed E-state index contributed by atoms with van der Waals surface area (Å²) >= 11 is 0. The second kappa shape index (κ2) is 5.67. The molecule has 0 radical (unpaired) electrons. The summed E-state index contributed by atoms with van der Waals surface area (Å²) in [5, 5.41) is 19.9. The lowest BCUT2D eigenvalue weighted by molar-refractivity contribution is -0.127. The summed E-state index contributed by atoms with van der Waals surface area (Å²) in [5.41, 5.74) is -0.770. The summed E-state index contributed by atoms with van der Waals surface area (Å²) in [6.07, 6.45) is 11.9. The van der Waals surface area contributed by atoms with Crippen molar-refractivity contribution < 1.29 is 15.0 Å². The Morgan fingerprint density at radius 1 is 1.17 bits per heavy atom. The number of carbonyl (C=O) groups is 1. The highest BCUT2D eigenvalue weighted by Crippen LogP contribution is 2.64. The van der Waals surface area contributed by atoms with Crippen LogP contribution in [-0.4, -0.2) is 28.2 Å². The lowest BCUT2D eigenvalue weighted by atomic mass is 9.50. The van der Waals surface area contributed by atoms with Gasteiger partial charge in [-0.05, 0) is 86.9 Å². The molecular weight excluding hydrogens is 300 g/mol. The second-order valence-electron chi connectivity index (χ2n) is 9.46. The summed E-state index contributed by atoms with van der Waals surface area (Å²) in [5.74, 6) is 3.93.